The second-order valence-corrected chi connectivity index (χ2v) is 15.2. The second kappa shape index (κ2) is 18.9. The zero-order valence-corrected chi connectivity index (χ0v) is 31.5. The van der Waals surface area contributed by atoms with Crippen LogP contribution in [0.1, 0.15) is 89.8 Å². The van der Waals surface area contributed by atoms with Crippen LogP contribution >= 0.6 is 0 Å². The van der Waals surface area contributed by atoms with E-state index in [4.69, 9.17) is 9.47 Å². The summed E-state index contributed by atoms with van der Waals surface area (Å²) in [6.07, 6.45) is 10.7. The number of ether oxygens (including phenoxy) is 2. The molecule has 14 heteroatoms. The second-order valence-electron chi connectivity index (χ2n) is 15.2. The van der Waals surface area contributed by atoms with E-state index >= 15 is 4.39 Å². The molecule has 0 unspecified atom stereocenters. The average molecular weight is 735 g/mol. The van der Waals surface area contributed by atoms with Gasteiger partial charge in [0.1, 0.15) is 24.4 Å². The smallest absolute Gasteiger partial charge is 0.410 e. The normalized spacial score (nSPS) is 17.2. The molecule has 288 valence electrons. The molecule has 0 aliphatic heterocycles. The molecule has 13 nitrogen and oxygen atoms in total. The van der Waals surface area contributed by atoms with E-state index in [0.29, 0.717) is 56.2 Å². The minimum atomic E-state index is -0.526. The third-order valence-corrected chi connectivity index (χ3v) is 9.51. The van der Waals surface area contributed by atoms with Crippen LogP contribution in [0.3, 0.4) is 0 Å². The molecule has 0 radical (unpaired) electrons. The fourth-order valence-corrected chi connectivity index (χ4v) is 6.54. The van der Waals surface area contributed by atoms with Crippen molar-refractivity contribution in [2.75, 3.05) is 31.5 Å². The zero-order chi connectivity index (χ0) is 37.8. The summed E-state index contributed by atoms with van der Waals surface area (Å²) in [6, 6.07) is 9.27. The van der Waals surface area contributed by atoms with E-state index in [1.54, 1.807) is 15.8 Å². The maximum Gasteiger partial charge on any atom is 0.410 e. The first kappa shape index (κ1) is 39.6. The highest BCUT2D eigenvalue weighted by molar-refractivity contribution is 5.82. The van der Waals surface area contributed by atoms with Crippen molar-refractivity contribution in [1.29, 1.82) is 0 Å². The number of esters is 1. The van der Waals surface area contributed by atoms with E-state index in [2.05, 4.69) is 31.0 Å². The van der Waals surface area contributed by atoms with Gasteiger partial charge in [-0.15, -0.1) is 0 Å². The summed E-state index contributed by atoms with van der Waals surface area (Å²) in [5.41, 5.74) is 2.27. The Morgan fingerprint density at radius 2 is 1.72 bits per heavy atom. The molecule has 0 atom stereocenters. The SMILES string of the molecule is Cn1ncc(-c2nc(N[C@H]3CC[C@H](N(CC(=O)NCCCCCNCC(=O)OC(C)(C)C)C(=O)OCc4ccccc4)CC3)ncc2F)c1CC1CC1. The maximum atomic E-state index is 15.0. The van der Waals surface area contributed by atoms with Gasteiger partial charge in [-0.05, 0) is 96.6 Å². The highest BCUT2D eigenvalue weighted by Crippen LogP contribution is 2.36. The maximum absolute atomic E-state index is 15.0. The molecule has 2 aliphatic carbocycles. The number of unbranched alkanes of at least 4 members (excludes halogenated alkanes) is 2. The van der Waals surface area contributed by atoms with Gasteiger partial charge in [-0.25, -0.2) is 19.2 Å². The molecule has 0 saturated heterocycles. The van der Waals surface area contributed by atoms with Crippen LogP contribution in [-0.4, -0.2) is 86.5 Å². The summed E-state index contributed by atoms with van der Waals surface area (Å²) in [5, 5.41) is 13.8. The van der Waals surface area contributed by atoms with Gasteiger partial charge in [0.15, 0.2) is 5.82 Å². The number of benzene rings is 1. The van der Waals surface area contributed by atoms with Crippen molar-refractivity contribution >= 4 is 23.9 Å². The van der Waals surface area contributed by atoms with E-state index in [-0.39, 0.29) is 49.4 Å². The fraction of sp³-hybridized carbons (Fsp3) is 0.590. The van der Waals surface area contributed by atoms with Crippen LogP contribution in [0.2, 0.25) is 0 Å². The lowest BCUT2D eigenvalue weighted by Gasteiger charge is -2.36. The number of hydrogen-bond donors (Lipinski definition) is 3. The van der Waals surface area contributed by atoms with Crippen LogP contribution in [0, 0.1) is 11.7 Å². The van der Waals surface area contributed by atoms with Crippen molar-refractivity contribution in [3.8, 4) is 11.3 Å². The van der Waals surface area contributed by atoms with E-state index in [0.717, 1.165) is 36.9 Å². The number of hydrogen-bond acceptors (Lipinski definition) is 10. The Balaban J connectivity index is 1.10. The summed E-state index contributed by atoms with van der Waals surface area (Å²) in [7, 11) is 1.88. The Hall–Kier alpha value is -4.59. The molecule has 0 spiro atoms. The van der Waals surface area contributed by atoms with Gasteiger partial charge in [0.05, 0.1) is 18.9 Å². The molecule has 2 heterocycles. The summed E-state index contributed by atoms with van der Waals surface area (Å²) in [5.74, 6) is -0.0482. The topological polar surface area (TPSA) is 153 Å². The third kappa shape index (κ3) is 12.8. The molecule has 2 saturated carbocycles. The summed E-state index contributed by atoms with van der Waals surface area (Å²) < 4.78 is 27.8. The Morgan fingerprint density at radius 1 is 0.981 bits per heavy atom. The van der Waals surface area contributed by atoms with Crippen LogP contribution in [0.15, 0.2) is 42.7 Å². The molecule has 2 fully saturated rings. The van der Waals surface area contributed by atoms with Crippen molar-refractivity contribution in [2.24, 2.45) is 13.0 Å². The van der Waals surface area contributed by atoms with E-state index in [1.807, 2.05) is 58.2 Å². The zero-order valence-electron chi connectivity index (χ0n) is 31.5. The van der Waals surface area contributed by atoms with Gasteiger partial charge < -0.3 is 25.4 Å². The minimum absolute atomic E-state index is 0.0130. The van der Waals surface area contributed by atoms with Gasteiger partial charge in [0.2, 0.25) is 11.9 Å². The molecule has 3 N–H and O–H groups in total. The summed E-state index contributed by atoms with van der Waals surface area (Å²) in [4.78, 5) is 48.7. The molecule has 2 aromatic heterocycles. The van der Waals surface area contributed by atoms with Crippen molar-refractivity contribution in [1.82, 2.24) is 35.3 Å². The molecule has 2 amide bonds. The van der Waals surface area contributed by atoms with E-state index in [1.165, 1.54) is 19.0 Å². The molecule has 3 aromatic rings. The van der Waals surface area contributed by atoms with Crippen LogP contribution < -0.4 is 16.0 Å². The first-order chi connectivity index (χ1) is 25.4. The highest BCUT2D eigenvalue weighted by atomic mass is 19.1. The first-order valence-corrected chi connectivity index (χ1v) is 18.9. The molecule has 0 bridgehead atoms. The van der Waals surface area contributed by atoms with Crippen LogP contribution in [0.4, 0.5) is 15.1 Å². The van der Waals surface area contributed by atoms with Crippen LogP contribution in [0.5, 0.6) is 0 Å². The van der Waals surface area contributed by atoms with E-state index < -0.39 is 17.5 Å². The van der Waals surface area contributed by atoms with Crippen molar-refractivity contribution in [2.45, 2.75) is 109 Å². The third-order valence-electron chi connectivity index (χ3n) is 9.51. The van der Waals surface area contributed by atoms with E-state index in [9.17, 15) is 14.4 Å². The largest absolute Gasteiger partial charge is 0.459 e. The number of halogens is 1. The monoisotopic (exact) mass is 734 g/mol. The fourth-order valence-electron chi connectivity index (χ4n) is 6.54. The number of carbonyl (C=O) groups is 3. The minimum Gasteiger partial charge on any atom is -0.459 e. The van der Waals surface area contributed by atoms with Crippen LogP contribution in [0.25, 0.3) is 11.3 Å². The highest BCUT2D eigenvalue weighted by Gasteiger charge is 2.32. The molecular weight excluding hydrogens is 679 g/mol. The summed E-state index contributed by atoms with van der Waals surface area (Å²) >= 11 is 0. The number of aromatic nitrogens is 4. The lowest BCUT2D eigenvalue weighted by atomic mass is 9.90. The Labute approximate surface area is 311 Å². The van der Waals surface area contributed by atoms with Crippen molar-refractivity contribution in [3.05, 3.63) is 59.8 Å². The first-order valence-electron chi connectivity index (χ1n) is 18.9. The number of rotatable bonds is 18. The lowest BCUT2D eigenvalue weighted by Crippen LogP contribution is -2.48. The van der Waals surface area contributed by atoms with Gasteiger partial charge in [-0.3, -0.25) is 19.2 Å². The Morgan fingerprint density at radius 3 is 2.43 bits per heavy atom. The number of anilines is 1. The average Bonchev–Trinajstić information content (AvgIpc) is 3.88. The van der Waals surface area contributed by atoms with Gasteiger partial charge in [-0.2, -0.15) is 5.10 Å². The predicted molar refractivity (Wildman–Crippen MR) is 199 cm³/mol. The molecule has 2 aliphatic rings. The summed E-state index contributed by atoms with van der Waals surface area (Å²) in [6.45, 7) is 6.84. The molecule has 1 aromatic carbocycles. The Kier molecular flexibility index (Phi) is 14.2. The van der Waals surface area contributed by atoms with Gasteiger partial charge in [0, 0.05) is 36.9 Å². The number of aryl methyl sites for hydroxylation is 1. The van der Waals surface area contributed by atoms with Crippen molar-refractivity contribution in [3.63, 3.8) is 0 Å². The van der Waals surface area contributed by atoms with Crippen LogP contribution in [-0.2, 0) is 39.1 Å². The predicted octanol–water partition coefficient (Wildman–Crippen LogP) is 5.55. The Bertz CT molecular complexity index is 1650. The quantitative estimate of drug-likeness (QED) is 0.112. The van der Waals surface area contributed by atoms with Crippen molar-refractivity contribution < 1.29 is 28.2 Å². The number of nitrogens with zero attached hydrogens (tertiary/aromatic N) is 5. The number of amides is 2. The van der Waals surface area contributed by atoms with Gasteiger partial charge in [0.25, 0.3) is 0 Å². The lowest BCUT2D eigenvalue weighted by molar-refractivity contribution is -0.153. The number of nitrogens with one attached hydrogen (secondary N) is 3. The van der Waals surface area contributed by atoms with Gasteiger partial charge >= 0.3 is 12.1 Å². The molecule has 53 heavy (non-hydrogen) atoms. The molecule has 5 rings (SSSR count). The number of carbonyl (C=O) groups excluding carboxylic acids is 3. The standard InChI is InChI=1S/C39H55FN8O5/c1-39(2,3)53-35(50)24-41-19-9-6-10-20-42-34(49)25-48(38(51)52-26-28-11-7-5-8-12-28)30-17-15-29(16-18-30)45-37-43-23-32(40)36(46-37)31-22-44-47(4)33(31)21-27-13-14-27/h5,7-8,11-12,22-23,27,29-30,41H,6,9-10,13-21,24-26H2,1-4H3,(H,42,49)(H,43,45,46)/t29-,30-. The van der Waals surface area contributed by atoms with Gasteiger partial charge in [-0.1, -0.05) is 36.8 Å². The molecular formula is C39H55FN8O5.